The van der Waals surface area contributed by atoms with Crippen LogP contribution in [0, 0.1) is 12.7 Å². The van der Waals surface area contributed by atoms with Crippen molar-refractivity contribution in [1.82, 2.24) is 9.97 Å². The lowest BCUT2D eigenvalue weighted by Gasteiger charge is -2.08. The van der Waals surface area contributed by atoms with Crippen LogP contribution in [0.1, 0.15) is 5.56 Å². The molecule has 0 saturated heterocycles. The molecule has 88 valence electrons. The molecule has 2 aromatic rings. The molecule has 17 heavy (non-hydrogen) atoms. The molecule has 2 N–H and O–H groups in total. The number of hydrogen-bond donors (Lipinski definition) is 1. The van der Waals surface area contributed by atoms with Crippen LogP contribution in [0.15, 0.2) is 24.5 Å². The summed E-state index contributed by atoms with van der Waals surface area (Å²) in [5.74, 6) is 0.285. The Labute approximate surface area is 102 Å². The standard InChI is InChI=1S/C11H9ClFN3O/c1-6-4-7(2-3-8(6)13)17-11-9(14)10(12)15-5-16-11/h2-5H,14H2,1H3. The summed E-state index contributed by atoms with van der Waals surface area (Å²) in [6.45, 7) is 1.64. The zero-order chi connectivity index (χ0) is 12.4. The Bertz CT molecular complexity index is 562. The summed E-state index contributed by atoms with van der Waals surface area (Å²) >= 11 is 5.72. The molecule has 2 rings (SSSR count). The Kier molecular flexibility index (Phi) is 3.10. The molecule has 0 bridgehead atoms. The van der Waals surface area contributed by atoms with Gasteiger partial charge in [0.25, 0.3) is 0 Å². The van der Waals surface area contributed by atoms with Crippen molar-refractivity contribution in [3.63, 3.8) is 0 Å². The monoisotopic (exact) mass is 253 g/mol. The summed E-state index contributed by atoms with van der Waals surface area (Å²) in [5.41, 5.74) is 6.26. The average Bonchev–Trinajstić information content (AvgIpc) is 2.30. The Morgan fingerprint density at radius 1 is 1.35 bits per heavy atom. The molecular formula is C11H9ClFN3O. The molecule has 1 aromatic carbocycles. The Balaban J connectivity index is 2.31. The molecule has 0 radical (unpaired) electrons. The van der Waals surface area contributed by atoms with Crippen LogP contribution in [0.2, 0.25) is 5.15 Å². The number of aromatic nitrogens is 2. The zero-order valence-corrected chi connectivity index (χ0v) is 9.70. The first-order valence-electron chi connectivity index (χ1n) is 4.78. The largest absolute Gasteiger partial charge is 0.437 e. The van der Waals surface area contributed by atoms with Crippen molar-refractivity contribution in [2.24, 2.45) is 0 Å². The third kappa shape index (κ3) is 2.45. The van der Waals surface area contributed by atoms with E-state index in [0.29, 0.717) is 11.3 Å². The SMILES string of the molecule is Cc1cc(Oc2ncnc(Cl)c2N)ccc1F. The highest BCUT2D eigenvalue weighted by molar-refractivity contribution is 6.32. The van der Waals surface area contributed by atoms with E-state index in [1.165, 1.54) is 18.5 Å². The van der Waals surface area contributed by atoms with E-state index in [9.17, 15) is 4.39 Å². The van der Waals surface area contributed by atoms with Crippen LogP contribution in [0.3, 0.4) is 0 Å². The third-order valence-electron chi connectivity index (χ3n) is 2.14. The quantitative estimate of drug-likeness (QED) is 0.836. The molecule has 0 saturated carbocycles. The van der Waals surface area contributed by atoms with Gasteiger partial charge in [0.05, 0.1) is 0 Å². The van der Waals surface area contributed by atoms with Crippen LogP contribution in [-0.4, -0.2) is 9.97 Å². The summed E-state index contributed by atoms with van der Waals surface area (Å²) in [7, 11) is 0. The third-order valence-corrected chi connectivity index (χ3v) is 2.44. The van der Waals surface area contributed by atoms with Crippen molar-refractivity contribution in [2.45, 2.75) is 6.92 Å². The van der Waals surface area contributed by atoms with E-state index in [4.69, 9.17) is 22.1 Å². The van der Waals surface area contributed by atoms with Gasteiger partial charge in [-0.15, -0.1) is 0 Å². The van der Waals surface area contributed by atoms with Gasteiger partial charge in [-0.1, -0.05) is 11.6 Å². The topological polar surface area (TPSA) is 61.0 Å². The van der Waals surface area contributed by atoms with Gasteiger partial charge >= 0.3 is 0 Å². The molecule has 0 unspecified atom stereocenters. The van der Waals surface area contributed by atoms with Crippen molar-refractivity contribution in [1.29, 1.82) is 0 Å². The normalized spacial score (nSPS) is 10.3. The molecule has 6 heteroatoms. The molecule has 0 amide bonds. The highest BCUT2D eigenvalue weighted by Crippen LogP contribution is 2.29. The summed E-state index contributed by atoms with van der Waals surface area (Å²) < 4.78 is 18.5. The summed E-state index contributed by atoms with van der Waals surface area (Å²) in [6, 6.07) is 4.34. The molecule has 1 aromatic heterocycles. The van der Waals surface area contributed by atoms with Gasteiger partial charge in [-0.3, -0.25) is 0 Å². The lowest BCUT2D eigenvalue weighted by molar-refractivity contribution is 0.462. The summed E-state index contributed by atoms with van der Waals surface area (Å²) in [4.78, 5) is 7.55. The number of aryl methyl sites for hydroxylation is 1. The number of nitrogens with two attached hydrogens (primary N) is 1. The zero-order valence-electron chi connectivity index (χ0n) is 8.95. The maximum Gasteiger partial charge on any atom is 0.247 e. The van der Waals surface area contributed by atoms with E-state index in [0.717, 1.165) is 0 Å². The van der Waals surface area contributed by atoms with Gasteiger partial charge in [0.15, 0.2) is 5.15 Å². The highest BCUT2D eigenvalue weighted by atomic mass is 35.5. The number of anilines is 1. The van der Waals surface area contributed by atoms with E-state index < -0.39 is 0 Å². The number of nitrogens with zero attached hydrogens (tertiary/aromatic N) is 2. The van der Waals surface area contributed by atoms with Crippen LogP contribution in [0.25, 0.3) is 0 Å². The van der Waals surface area contributed by atoms with E-state index in [-0.39, 0.29) is 22.5 Å². The van der Waals surface area contributed by atoms with Gasteiger partial charge in [-0.05, 0) is 30.7 Å². The van der Waals surface area contributed by atoms with Crippen molar-refractivity contribution in [3.8, 4) is 11.6 Å². The molecule has 0 aliphatic rings. The first kappa shape index (κ1) is 11.6. The average molecular weight is 254 g/mol. The fourth-order valence-corrected chi connectivity index (χ4v) is 1.36. The van der Waals surface area contributed by atoms with Crippen molar-refractivity contribution >= 4 is 17.3 Å². The summed E-state index contributed by atoms with van der Waals surface area (Å²) in [5, 5.41) is 0.119. The molecule has 0 atom stereocenters. The molecular weight excluding hydrogens is 245 g/mol. The Morgan fingerprint density at radius 2 is 2.12 bits per heavy atom. The number of ether oxygens (including phenoxy) is 1. The summed E-state index contributed by atoms with van der Waals surface area (Å²) in [6.07, 6.45) is 1.24. The smallest absolute Gasteiger partial charge is 0.247 e. The maximum atomic E-state index is 13.1. The maximum absolute atomic E-state index is 13.1. The minimum Gasteiger partial charge on any atom is -0.437 e. The van der Waals surface area contributed by atoms with Crippen LogP contribution in [-0.2, 0) is 0 Å². The van der Waals surface area contributed by atoms with Gasteiger partial charge in [-0.25, -0.2) is 9.37 Å². The van der Waals surface area contributed by atoms with Gasteiger partial charge in [-0.2, -0.15) is 4.98 Å². The first-order valence-corrected chi connectivity index (χ1v) is 5.15. The lowest BCUT2D eigenvalue weighted by atomic mass is 10.2. The van der Waals surface area contributed by atoms with Crippen LogP contribution in [0.5, 0.6) is 11.6 Å². The Morgan fingerprint density at radius 3 is 2.82 bits per heavy atom. The predicted molar refractivity (Wildman–Crippen MR) is 62.7 cm³/mol. The van der Waals surface area contributed by atoms with Crippen LogP contribution >= 0.6 is 11.6 Å². The number of rotatable bonds is 2. The second-order valence-corrected chi connectivity index (χ2v) is 3.75. The number of halogens is 2. The van der Waals surface area contributed by atoms with Crippen molar-refractivity contribution in [3.05, 3.63) is 41.1 Å². The fraction of sp³-hybridized carbons (Fsp3) is 0.0909. The number of nitrogen functional groups attached to an aromatic ring is 1. The minimum absolute atomic E-state index is 0.119. The highest BCUT2D eigenvalue weighted by Gasteiger charge is 2.09. The molecule has 0 fully saturated rings. The van der Waals surface area contributed by atoms with Gasteiger partial charge < -0.3 is 10.5 Å². The molecule has 0 aliphatic carbocycles. The van der Waals surface area contributed by atoms with E-state index in [2.05, 4.69) is 9.97 Å². The molecule has 1 heterocycles. The fourth-order valence-electron chi connectivity index (χ4n) is 1.23. The first-order chi connectivity index (χ1) is 8.08. The number of hydrogen-bond acceptors (Lipinski definition) is 4. The van der Waals surface area contributed by atoms with E-state index >= 15 is 0 Å². The van der Waals surface area contributed by atoms with Crippen molar-refractivity contribution in [2.75, 3.05) is 5.73 Å². The van der Waals surface area contributed by atoms with Gasteiger partial charge in [0.2, 0.25) is 5.88 Å². The van der Waals surface area contributed by atoms with E-state index in [1.54, 1.807) is 13.0 Å². The minimum atomic E-state index is -0.300. The predicted octanol–water partition coefficient (Wildman–Crippen LogP) is 2.95. The second-order valence-electron chi connectivity index (χ2n) is 3.40. The molecule has 0 aliphatic heterocycles. The molecule has 0 spiro atoms. The van der Waals surface area contributed by atoms with Crippen molar-refractivity contribution < 1.29 is 9.13 Å². The van der Waals surface area contributed by atoms with Gasteiger partial charge in [0, 0.05) is 0 Å². The Hall–Kier alpha value is -1.88. The van der Waals surface area contributed by atoms with Gasteiger partial charge in [0.1, 0.15) is 23.6 Å². The lowest BCUT2D eigenvalue weighted by Crippen LogP contribution is -1.97. The second kappa shape index (κ2) is 4.55. The molecule has 4 nitrogen and oxygen atoms in total. The van der Waals surface area contributed by atoms with Crippen LogP contribution < -0.4 is 10.5 Å². The van der Waals surface area contributed by atoms with E-state index in [1.807, 2.05) is 0 Å². The number of benzene rings is 1. The van der Waals surface area contributed by atoms with Crippen LogP contribution in [0.4, 0.5) is 10.1 Å².